The Balaban J connectivity index is 1.44. The van der Waals surface area contributed by atoms with Crippen molar-refractivity contribution in [3.05, 3.63) is 59.1 Å². The van der Waals surface area contributed by atoms with Crippen LogP contribution in [0.2, 0.25) is 5.02 Å². The van der Waals surface area contributed by atoms with Crippen molar-refractivity contribution in [1.82, 2.24) is 15.1 Å². The predicted molar refractivity (Wildman–Crippen MR) is 123 cm³/mol. The fourth-order valence-electron chi connectivity index (χ4n) is 3.61. The Morgan fingerprint density at radius 1 is 1.03 bits per heavy atom. The topological polar surface area (TPSA) is 97.1 Å². The number of hydrogen-bond donors (Lipinski definition) is 2. The van der Waals surface area contributed by atoms with E-state index in [0.29, 0.717) is 24.7 Å². The van der Waals surface area contributed by atoms with Crippen LogP contribution in [-0.4, -0.2) is 68.2 Å². The number of halogens is 1. The molecular formula is C23H29ClN4O4. The molecule has 3 amide bonds. The zero-order chi connectivity index (χ0) is 22.9. The molecule has 1 saturated heterocycles. The summed E-state index contributed by atoms with van der Waals surface area (Å²) in [4.78, 5) is 28.4. The second-order valence-electron chi connectivity index (χ2n) is 7.56. The van der Waals surface area contributed by atoms with Crippen molar-refractivity contribution in [3.63, 3.8) is 0 Å². The summed E-state index contributed by atoms with van der Waals surface area (Å²) >= 11 is 5.94. The zero-order valence-corrected chi connectivity index (χ0v) is 18.9. The number of rotatable bonds is 9. The van der Waals surface area contributed by atoms with E-state index in [4.69, 9.17) is 26.8 Å². The number of nitrogens with zero attached hydrogens (tertiary/aromatic N) is 2. The smallest absolute Gasteiger partial charge is 0.312 e. The van der Waals surface area contributed by atoms with E-state index in [-0.39, 0.29) is 12.3 Å². The molecule has 32 heavy (non-hydrogen) atoms. The lowest BCUT2D eigenvalue weighted by Gasteiger charge is -2.35. The summed E-state index contributed by atoms with van der Waals surface area (Å²) in [5.41, 5.74) is 6.10. The van der Waals surface area contributed by atoms with Crippen LogP contribution in [0.3, 0.4) is 0 Å². The molecule has 1 aliphatic rings. The van der Waals surface area contributed by atoms with Crippen molar-refractivity contribution in [3.8, 4) is 11.5 Å². The van der Waals surface area contributed by atoms with Crippen molar-refractivity contribution >= 4 is 23.5 Å². The molecule has 2 aromatic rings. The molecule has 1 atom stereocenters. The SMILES string of the molecule is COc1ccc(OCCN2CCN(C(=O)C[C@H](NC(N)=O)c3ccc(Cl)cc3)CC2)cc1. The highest BCUT2D eigenvalue weighted by molar-refractivity contribution is 6.30. The number of amides is 3. The molecule has 2 aromatic carbocycles. The van der Waals surface area contributed by atoms with Gasteiger partial charge in [0.15, 0.2) is 0 Å². The molecule has 9 heteroatoms. The summed E-state index contributed by atoms with van der Waals surface area (Å²) in [5.74, 6) is 1.57. The number of benzene rings is 2. The molecule has 8 nitrogen and oxygen atoms in total. The summed E-state index contributed by atoms with van der Waals surface area (Å²) < 4.78 is 10.9. The standard InChI is InChI=1S/C23H29ClN4O4/c1-31-19-6-8-20(9-7-19)32-15-14-27-10-12-28(13-11-27)22(29)16-21(26-23(25)30)17-2-4-18(24)5-3-17/h2-9,21H,10-16H2,1H3,(H3,25,26,30)/t21-/m0/s1. The van der Waals surface area contributed by atoms with E-state index >= 15 is 0 Å². The maximum absolute atomic E-state index is 12.8. The maximum Gasteiger partial charge on any atom is 0.312 e. The fraction of sp³-hybridized carbons (Fsp3) is 0.391. The molecule has 0 bridgehead atoms. The maximum atomic E-state index is 12.8. The minimum absolute atomic E-state index is 0.0205. The zero-order valence-electron chi connectivity index (χ0n) is 18.1. The first-order chi connectivity index (χ1) is 15.4. The summed E-state index contributed by atoms with van der Waals surface area (Å²) in [7, 11) is 1.63. The summed E-state index contributed by atoms with van der Waals surface area (Å²) in [5, 5.41) is 3.25. The van der Waals surface area contributed by atoms with E-state index in [9.17, 15) is 9.59 Å². The van der Waals surface area contributed by atoms with Gasteiger partial charge in [-0.25, -0.2) is 4.79 Å². The quantitative estimate of drug-likeness (QED) is 0.599. The van der Waals surface area contributed by atoms with Gasteiger partial charge in [-0.05, 0) is 42.0 Å². The lowest BCUT2D eigenvalue weighted by Crippen LogP contribution is -2.50. The second-order valence-corrected chi connectivity index (χ2v) is 8.00. The third kappa shape index (κ3) is 7.03. The van der Waals surface area contributed by atoms with E-state index in [2.05, 4.69) is 10.2 Å². The number of primary amides is 1. The Kier molecular flexibility index (Phi) is 8.58. The van der Waals surface area contributed by atoms with Gasteiger partial charge in [0, 0.05) is 37.7 Å². The Hall–Kier alpha value is -2.97. The molecule has 3 N–H and O–H groups in total. The Labute approximate surface area is 193 Å². The molecular weight excluding hydrogens is 432 g/mol. The van der Waals surface area contributed by atoms with Crippen molar-refractivity contribution in [2.24, 2.45) is 5.73 Å². The van der Waals surface area contributed by atoms with Crippen LogP contribution in [0.25, 0.3) is 0 Å². The molecule has 0 unspecified atom stereocenters. The summed E-state index contributed by atoms with van der Waals surface area (Å²) in [6.45, 7) is 4.15. The van der Waals surface area contributed by atoms with Gasteiger partial charge in [-0.2, -0.15) is 0 Å². The van der Waals surface area contributed by atoms with Gasteiger partial charge >= 0.3 is 6.03 Å². The Morgan fingerprint density at radius 2 is 1.66 bits per heavy atom. The van der Waals surface area contributed by atoms with Crippen LogP contribution in [0.1, 0.15) is 18.0 Å². The highest BCUT2D eigenvalue weighted by Crippen LogP contribution is 2.21. The minimum atomic E-state index is -0.667. The summed E-state index contributed by atoms with van der Waals surface area (Å²) in [6, 6.07) is 13.4. The van der Waals surface area contributed by atoms with E-state index in [1.54, 1.807) is 31.4 Å². The molecule has 0 spiro atoms. The molecule has 0 saturated carbocycles. The first-order valence-electron chi connectivity index (χ1n) is 10.5. The third-order valence-corrected chi connectivity index (χ3v) is 5.68. The van der Waals surface area contributed by atoms with Gasteiger partial charge in [0.2, 0.25) is 5.91 Å². The van der Waals surface area contributed by atoms with Gasteiger partial charge in [0.1, 0.15) is 18.1 Å². The van der Waals surface area contributed by atoms with Crippen LogP contribution >= 0.6 is 11.6 Å². The van der Waals surface area contributed by atoms with E-state index < -0.39 is 12.1 Å². The molecule has 0 radical (unpaired) electrons. The number of nitrogens with two attached hydrogens (primary N) is 1. The number of methoxy groups -OCH3 is 1. The largest absolute Gasteiger partial charge is 0.497 e. The fourth-order valence-corrected chi connectivity index (χ4v) is 3.73. The number of urea groups is 1. The monoisotopic (exact) mass is 460 g/mol. The Bertz CT molecular complexity index is 884. The van der Waals surface area contributed by atoms with Crippen molar-refractivity contribution in [2.45, 2.75) is 12.5 Å². The third-order valence-electron chi connectivity index (χ3n) is 5.43. The van der Waals surface area contributed by atoms with Gasteiger partial charge in [0.25, 0.3) is 0 Å². The Morgan fingerprint density at radius 3 is 2.25 bits per heavy atom. The number of nitrogens with one attached hydrogen (secondary N) is 1. The molecule has 0 aliphatic carbocycles. The van der Waals surface area contributed by atoms with Crippen LogP contribution < -0.4 is 20.5 Å². The number of ether oxygens (including phenoxy) is 2. The molecule has 0 aromatic heterocycles. The molecule has 1 heterocycles. The highest BCUT2D eigenvalue weighted by atomic mass is 35.5. The average molecular weight is 461 g/mol. The first-order valence-corrected chi connectivity index (χ1v) is 10.9. The summed E-state index contributed by atoms with van der Waals surface area (Å²) in [6.07, 6.45) is 0.144. The number of hydrogen-bond acceptors (Lipinski definition) is 5. The first kappa shape index (κ1) is 23.7. The van der Waals surface area contributed by atoms with Crippen molar-refractivity contribution in [1.29, 1.82) is 0 Å². The van der Waals surface area contributed by atoms with E-state index in [1.807, 2.05) is 29.2 Å². The van der Waals surface area contributed by atoms with Gasteiger partial charge in [-0.1, -0.05) is 23.7 Å². The lowest BCUT2D eigenvalue weighted by atomic mass is 10.0. The van der Waals surface area contributed by atoms with Crippen molar-refractivity contribution in [2.75, 3.05) is 46.4 Å². The average Bonchev–Trinajstić information content (AvgIpc) is 2.80. The van der Waals surface area contributed by atoms with Gasteiger partial charge in [-0.3, -0.25) is 9.69 Å². The number of carbonyl (C=O) groups excluding carboxylic acids is 2. The minimum Gasteiger partial charge on any atom is -0.497 e. The van der Waals surface area contributed by atoms with Crippen LogP contribution in [0.15, 0.2) is 48.5 Å². The van der Waals surface area contributed by atoms with Gasteiger partial charge in [-0.15, -0.1) is 0 Å². The van der Waals surface area contributed by atoms with Crippen LogP contribution in [0, 0.1) is 0 Å². The predicted octanol–water partition coefficient (Wildman–Crippen LogP) is 2.67. The van der Waals surface area contributed by atoms with Crippen molar-refractivity contribution < 1.29 is 19.1 Å². The van der Waals surface area contributed by atoms with Gasteiger partial charge < -0.3 is 25.4 Å². The molecule has 172 valence electrons. The normalized spacial score (nSPS) is 15.1. The van der Waals surface area contributed by atoms with E-state index in [0.717, 1.165) is 36.7 Å². The molecule has 1 aliphatic heterocycles. The number of piperazine rings is 1. The molecule has 3 rings (SSSR count). The second kappa shape index (κ2) is 11.6. The highest BCUT2D eigenvalue weighted by Gasteiger charge is 2.25. The van der Waals surface area contributed by atoms with Crippen LogP contribution in [0.5, 0.6) is 11.5 Å². The molecule has 1 fully saturated rings. The van der Waals surface area contributed by atoms with Crippen LogP contribution in [-0.2, 0) is 4.79 Å². The van der Waals surface area contributed by atoms with Crippen LogP contribution in [0.4, 0.5) is 4.79 Å². The van der Waals surface area contributed by atoms with E-state index in [1.165, 1.54) is 0 Å². The lowest BCUT2D eigenvalue weighted by molar-refractivity contribution is -0.133. The van der Waals surface area contributed by atoms with Gasteiger partial charge in [0.05, 0.1) is 19.6 Å². The number of carbonyl (C=O) groups is 2.